The van der Waals surface area contributed by atoms with Crippen LogP contribution in [0.2, 0.25) is 5.02 Å². The molecule has 0 bridgehead atoms. The number of ether oxygens (including phenoxy) is 1. The van der Waals surface area contributed by atoms with Crippen molar-refractivity contribution < 1.29 is 17.9 Å². The van der Waals surface area contributed by atoms with E-state index < -0.39 is 6.61 Å². The number of aromatic nitrogens is 2. The summed E-state index contributed by atoms with van der Waals surface area (Å²) in [6.07, 6.45) is 0.431. The molecule has 0 atom stereocenters. The van der Waals surface area contributed by atoms with Crippen molar-refractivity contribution in [3.8, 4) is 17.2 Å². The van der Waals surface area contributed by atoms with Crippen LogP contribution in [0.15, 0.2) is 52.9 Å². The van der Waals surface area contributed by atoms with Gasteiger partial charge in [-0.2, -0.15) is 8.78 Å². The van der Waals surface area contributed by atoms with Crippen LogP contribution in [0.25, 0.3) is 11.5 Å². The standard InChI is InChI=1S/C16H11ClF2N2O2/c17-12-5-1-3-10(7-12)8-14-20-21-15(23-14)11-4-2-6-13(9-11)22-16(18)19/h1-7,9,16H,8H2. The van der Waals surface area contributed by atoms with Gasteiger partial charge in [-0.15, -0.1) is 10.2 Å². The summed E-state index contributed by atoms with van der Waals surface area (Å²) in [6.45, 7) is -2.88. The quantitative estimate of drug-likeness (QED) is 0.684. The summed E-state index contributed by atoms with van der Waals surface area (Å²) < 4.78 is 34.4. The van der Waals surface area contributed by atoms with Crippen LogP contribution < -0.4 is 4.74 Å². The molecule has 1 heterocycles. The highest BCUT2D eigenvalue weighted by Crippen LogP contribution is 2.24. The van der Waals surface area contributed by atoms with E-state index in [9.17, 15) is 8.78 Å². The first-order valence-corrected chi connectivity index (χ1v) is 7.10. The third-order valence-electron chi connectivity index (χ3n) is 3.02. The van der Waals surface area contributed by atoms with Gasteiger partial charge in [0.1, 0.15) is 5.75 Å². The zero-order valence-electron chi connectivity index (χ0n) is 11.7. The topological polar surface area (TPSA) is 48.2 Å². The van der Waals surface area contributed by atoms with Gasteiger partial charge >= 0.3 is 6.61 Å². The van der Waals surface area contributed by atoms with Crippen molar-refractivity contribution in [3.05, 3.63) is 65.0 Å². The third kappa shape index (κ3) is 4.04. The molecule has 0 unspecified atom stereocenters. The Morgan fingerprint density at radius 3 is 2.70 bits per heavy atom. The lowest BCUT2D eigenvalue weighted by atomic mass is 10.1. The lowest BCUT2D eigenvalue weighted by molar-refractivity contribution is -0.0498. The number of nitrogens with zero attached hydrogens (tertiary/aromatic N) is 2. The molecule has 7 heteroatoms. The second kappa shape index (κ2) is 6.75. The predicted octanol–water partition coefficient (Wildman–Crippen LogP) is 4.58. The first-order chi connectivity index (χ1) is 11.1. The zero-order valence-corrected chi connectivity index (χ0v) is 12.5. The summed E-state index contributed by atoms with van der Waals surface area (Å²) >= 11 is 5.93. The van der Waals surface area contributed by atoms with E-state index in [1.54, 1.807) is 18.2 Å². The van der Waals surface area contributed by atoms with Crippen molar-refractivity contribution >= 4 is 11.6 Å². The molecule has 4 nitrogen and oxygen atoms in total. The van der Waals surface area contributed by atoms with Gasteiger partial charge in [-0.25, -0.2) is 0 Å². The highest BCUT2D eigenvalue weighted by atomic mass is 35.5. The Morgan fingerprint density at radius 2 is 1.91 bits per heavy atom. The molecule has 3 aromatic rings. The third-order valence-corrected chi connectivity index (χ3v) is 3.25. The molecule has 3 rings (SSSR count). The summed E-state index contributed by atoms with van der Waals surface area (Å²) in [7, 11) is 0. The lowest BCUT2D eigenvalue weighted by Crippen LogP contribution is -2.01. The second-order valence-electron chi connectivity index (χ2n) is 4.71. The Labute approximate surface area is 135 Å². The Hall–Kier alpha value is -2.47. The van der Waals surface area contributed by atoms with Gasteiger partial charge in [0.05, 0.1) is 6.42 Å². The molecule has 23 heavy (non-hydrogen) atoms. The van der Waals surface area contributed by atoms with Crippen molar-refractivity contribution in [2.45, 2.75) is 13.0 Å². The molecule has 0 aliphatic carbocycles. The van der Waals surface area contributed by atoms with Crippen LogP contribution in [0.5, 0.6) is 5.75 Å². The van der Waals surface area contributed by atoms with Crippen LogP contribution in [0.3, 0.4) is 0 Å². The number of halogens is 3. The minimum absolute atomic E-state index is 0.0343. The van der Waals surface area contributed by atoms with Gasteiger partial charge in [0.2, 0.25) is 11.8 Å². The second-order valence-corrected chi connectivity index (χ2v) is 5.15. The molecular formula is C16H11ClF2N2O2. The molecular weight excluding hydrogens is 326 g/mol. The van der Waals surface area contributed by atoms with Gasteiger partial charge in [0.25, 0.3) is 0 Å². The predicted molar refractivity (Wildman–Crippen MR) is 80.6 cm³/mol. The molecule has 0 saturated heterocycles. The Kier molecular flexibility index (Phi) is 4.52. The van der Waals surface area contributed by atoms with Crippen molar-refractivity contribution in [1.82, 2.24) is 10.2 Å². The number of alkyl halides is 2. The highest BCUT2D eigenvalue weighted by Gasteiger charge is 2.11. The van der Waals surface area contributed by atoms with Crippen LogP contribution >= 0.6 is 11.6 Å². The fourth-order valence-electron chi connectivity index (χ4n) is 2.07. The Morgan fingerprint density at radius 1 is 1.09 bits per heavy atom. The SMILES string of the molecule is FC(F)Oc1cccc(-c2nnc(Cc3cccc(Cl)c3)o2)c1. The molecule has 0 radical (unpaired) electrons. The van der Waals surface area contributed by atoms with E-state index in [2.05, 4.69) is 14.9 Å². The molecule has 0 aliphatic rings. The van der Waals surface area contributed by atoms with Crippen LogP contribution in [0.4, 0.5) is 8.78 Å². The number of benzene rings is 2. The largest absolute Gasteiger partial charge is 0.435 e. The maximum Gasteiger partial charge on any atom is 0.387 e. The number of hydrogen-bond acceptors (Lipinski definition) is 4. The summed E-state index contributed by atoms with van der Waals surface area (Å²) in [4.78, 5) is 0. The monoisotopic (exact) mass is 336 g/mol. The normalized spacial score (nSPS) is 11.0. The summed E-state index contributed by atoms with van der Waals surface area (Å²) in [5, 5.41) is 8.52. The lowest BCUT2D eigenvalue weighted by Gasteiger charge is -2.04. The Bertz CT molecular complexity index is 808. The average molecular weight is 337 g/mol. The van der Waals surface area contributed by atoms with Gasteiger partial charge in [0.15, 0.2) is 0 Å². The zero-order chi connectivity index (χ0) is 16.2. The van der Waals surface area contributed by atoms with Crippen LogP contribution in [0.1, 0.15) is 11.5 Å². The summed E-state index contributed by atoms with van der Waals surface area (Å²) in [5.41, 5.74) is 1.44. The van der Waals surface area contributed by atoms with E-state index >= 15 is 0 Å². The minimum Gasteiger partial charge on any atom is -0.435 e. The maximum atomic E-state index is 12.2. The fraction of sp³-hybridized carbons (Fsp3) is 0.125. The van der Waals surface area contributed by atoms with E-state index in [4.69, 9.17) is 16.0 Å². The molecule has 0 N–H and O–H groups in total. The molecule has 0 aliphatic heterocycles. The van der Waals surface area contributed by atoms with E-state index in [0.29, 0.717) is 22.9 Å². The van der Waals surface area contributed by atoms with Crippen molar-refractivity contribution in [2.24, 2.45) is 0 Å². The fourth-order valence-corrected chi connectivity index (χ4v) is 2.28. The van der Waals surface area contributed by atoms with E-state index in [1.807, 2.05) is 18.2 Å². The molecule has 0 spiro atoms. The van der Waals surface area contributed by atoms with Crippen LogP contribution in [-0.4, -0.2) is 16.8 Å². The molecule has 0 saturated carbocycles. The average Bonchev–Trinajstić information content (AvgIpc) is 2.95. The minimum atomic E-state index is -2.88. The number of hydrogen-bond donors (Lipinski definition) is 0. The molecule has 0 amide bonds. The molecule has 1 aromatic heterocycles. The van der Waals surface area contributed by atoms with Gasteiger partial charge < -0.3 is 9.15 Å². The van der Waals surface area contributed by atoms with Gasteiger partial charge in [-0.3, -0.25) is 0 Å². The highest BCUT2D eigenvalue weighted by molar-refractivity contribution is 6.30. The summed E-state index contributed by atoms with van der Waals surface area (Å²) in [6, 6.07) is 13.4. The molecule has 2 aromatic carbocycles. The van der Waals surface area contributed by atoms with Crippen LogP contribution in [-0.2, 0) is 6.42 Å². The van der Waals surface area contributed by atoms with Crippen molar-refractivity contribution in [1.29, 1.82) is 0 Å². The maximum absolute atomic E-state index is 12.2. The first kappa shape index (κ1) is 15.4. The van der Waals surface area contributed by atoms with Gasteiger partial charge in [0, 0.05) is 10.6 Å². The first-order valence-electron chi connectivity index (χ1n) is 6.72. The summed E-state index contributed by atoms with van der Waals surface area (Å²) in [5.74, 6) is 0.677. The Balaban J connectivity index is 1.79. The van der Waals surface area contributed by atoms with Crippen LogP contribution in [0, 0.1) is 0 Å². The molecule has 118 valence electrons. The van der Waals surface area contributed by atoms with Gasteiger partial charge in [-0.05, 0) is 35.9 Å². The van der Waals surface area contributed by atoms with Crippen molar-refractivity contribution in [3.63, 3.8) is 0 Å². The van der Waals surface area contributed by atoms with E-state index in [0.717, 1.165) is 5.56 Å². The van der Waals surface area contributed by atoms with Gasteiger partial charge in [-0.1, -0.05) is 29.8 Å². The smallest absolute Gasteiger partial charge is 0.387 e. The van der Waals surface area contributed by atoms with Crippen molar-refractivity contribution in [2.75, 3.05) is 0 Å². The van der Waals surface area contributed by atoms with E-state index in [-0.39, 0.29) is 11.6 Å². The van der Waals surface area contributed by atoms with E-state index in [1.165, 1.54) is 12.1 Å². The number of rotatable bonds is 5. The molecule has 0 fully saturated rings.